The summed E-state index contributed by atoms with van der Waals surface area (Å²) in [6, 6.07) is 11.2. The lowest BCUT2D eigenvalue weighted by Gasteiger charge is -2.22. The fourth-order valence-corrected chi connectivity index (χ4v) is 2.71. The van der Waals surface area contributed by atoms with E-state index in [1.807, 2.05) is 0 Å². The molecule has 0 aromatic heterocycles. The van der Waals surface area contributed by atoms with Crippen molar-refractivity contribution >= 4 is 52.2 Å². The average molecular weight is 379 g/mol. The number of anilines is 2. The van der Waals surface area contributed by atoms with Gasteiger partial charge in [0.1, 0.15) is 6.54 Å². The van der Waals surface area contributed by atoms with Crippen molar-refractivity contribution in [3.63, 3.8) is 0 Å². The van der Waals surface area contributed by atoms with Gasteiger partial charge in [-0.3, -0.25) is 14.4 Å². The standard InChI is InChI=1S/C18H16Cl2N2O3/c1-11(23)13-3-6-15(7-4-13)21-18(25)10-22(12(2)24)17-8-5-14(19)9-16(17)20/h3-9H,10H2,1-2H3,(H,21,25). The van der Waals surface area contributed by atoms with Gasteiger partial charge in [-0.2, -0.15) is 0 Å². The molecule has 0 atom stereocenters. The molecule has 0 bridgehead atoms. The molecule has 2 amide bonds. The Morgan fingerprint density at radius 1 is 1.00 bits per heavy atom. The van der Waals surface area contributed by atoms with E-state index in [1.165, 1.54) is 24.8 Å². The third-order valence-corrected chi connectivity index (χ3v) is 4.00. The highest BCUT2D eigenvalue weighted by atomic mass is 35.5. The molecule has 0 saturated carbocycles. The van der Waals surface area contributed by atoms with Crippen molar-refractivity contribution in [1.82, 2.24) is 0 Å². The topological polar surface area (TPSA) is 66.5 Å². The first-order valence-electron chi connectivity index (χ1n) is 7.42. The second-order valence-corrected chi connectivity index (χ2v) is 6.23. The summed E-state index contributed by atoms with van der Waals surface area (Å²) >= 11 is 12.0. The summed E-state index contributed by atoms with van der Waals surface area (Å²) in [5.74, 6) is -0.777. The number of nitrogens with one attached hydrogen (secondary N) is 1. The molecule has 2 rings (SSSR count). The van der Waals surface area contributed by atoms with E-state index in [-0.39, 0.29) is 23.3 Å². The van der Waals surface area contributed by atoms with Gasteiger partial charge < -0.3 is 10.2 Å². The maximum absolute atomic E-state index is 12.3. The van der Waals surface area contributed by atoms with Crippen LogP contribution in [-0.4, -0.2) is 24.1 Å². The summed E-state index contributed by atoms with van der Waals surface area (Å²) in [5, 5.41) is 3.40. The Bertz CT molecular complexity index is 820. The van der Waals surface area contributed by atoms with Gasteiger partial charge in [-0.1, -0.05) is 23.2 Å². The summed E-state index contributed by atoms with van der Waals surface area (Å²) < 4.78 is 0. The quantitative estimate of drug-likeness (QED) is 0.793. The number of benzene rings is 2. The molecule has 0 aliphatic rings. The zero-order chi connectivity index (χ0) is 18.6. The molecule has 0 heterocycles. The number of rotatable bonds is 5. The number of ketones is 1. The number of hydrogen-bond acceptors (Lipinski definition) is 3. The summed E-state index contributed by atoms with van der Waals surface area (Å²) in [7, 11) is 0. The maximum atomic E-state index is 12.3. The molecule has 0 spiro atoms. The summed E-state index contributed by atoms with van der Waals surface area (Å²) in [6.45, 7) is 2.61. The second kappa shape index (κ2) is 8.14. The van der Waals surface area contributed by atoms with Crippen LogP contribution in [0.15, 0.2) is 42.5 Å². The molecular weight excluding hydrogens is 363 g/mol. The molecule has 25 heavy (non-hydrogen) atoms. The van der Waals surface area contributed by atoms with Gasteiger partial charge in [-0.15, -0.1) is 0 Å². The fourth-order valence-electron chi connectivity index (χ4n) is 2.20. The first-order valence-corrected chi connectivity index (χ1v) is 8.17. The molecule has 2 aromatic carbocycles. The van der Waals surface area contributed by atoms with Crippen LogP contribution in [0.25, 0.3) is 0 Å². The maximum Gasteiger partial charge on any atom is 0.244 e. The molecule has 7 heteroatoms. The predicted octanol–water partition coefficient (Wildman–Crippen LogP) is 4.19. The van der Waals surface area contributed by atoms with E-state index >= 15 is 0 Å². The third-order valence-electron chi connectivity index (χ3n) is 3.46. The van der Waals surface area contributed by atoms with Crippen LogP contribution < -0.4 is 10.2 Å². The number of Topliss-reactive ketones (excluding diaryl/α,β-unsaturated/α-hetero) is 1. The van der Waals surface area contributed by atoms with Crippen LogP contribution in [0.4, 0.5) is 11.4 Å². The molecule has 5 nitrogen and oxygen atoms in total. The Kier molecular flexibility index (Phi) is 6.17. The highest BCUT2D eigenvalue weighted by Gasteiger charge is 2.18. The molecule has 0 aliphatic heterocycles. The van der Waals surface area contributed by atoms with E-state index in [4.69, 9.17) is 23.2 Å². The predicted molar refractivity (Wildman–Crippen MR) is 99.6 cm³/mol. The Hall–Kier alpha value is -2.37. The van der Waals surface area contributed by atoms with Crippen molar-refractivity contribution in [2.45, 2.75) is 13.8 Å². The normalized spacial score (nSPS) is 10.2. The molecule has 130 valence electrons. The van der Waals surface area contributed by atoms with Crippen LogP contribution in [0.1, 0.15) is 24.2 Å². The molecule has 1 N–H and O–H groups in total. The molecule has 0 fully saturated rings. The van der Waals surface area contributed by atoms with Crippen LogP contribution in [0.5, 0.6) is 0 Å². The summed E-state index contributed by atoms with van der Waals surface area (Å²) in [5.41, 5.74) is 1.48. The lowest BCUT2D eigenvalue weighted by atomic mass is 10.1. The molecule has 0 aliphatic carbocycles. The van der Waals surface area contributed by atoms with Crippen molar-refractivity contribution in [3.05, 3.63) is 58.1 Å². The van der Waals surface area contributed by atoms with Gasteiger partial charge in [-0.05, 0) is 49.4 Å². The number of carbonyl (C=O) groups is 3. The van der Waals surface area contributed by atoms with E-state index in [0.717, 1.165) is 0 Å². The third kappa shape index (κ3) is 5.05. The van der Waals surface area contributed by atoms with Crippen LogP contribution in [0.3, 0.4) is 0 Å². The molecule has 0 saturated heterocycles. The van der Waals surface area contributed by atoms with Crippen molar-refractivity contribution in [1.29, 1.82) is 0 Å². The highest BCUT2D eigenvalue weighted by molar-refractivity contribution is 6.36. The minimum atomic E-state index is -0.392. The fraction of sp³-hybridized carbons (Fsp3) is 0.167. The van der Waals surface area contributed by atoms with Gasteiger partial charge in [0.05, 0.1) is 10.7 Å². The summed E-state index contributed by atoms with van der Waals surface area (Å²) in [6.07, 6.45) is 0. The molecular formula is C18H16Cl2N2O3. The zero-order valence-corrected chi connectivity index (χ0v) is 15.2. The minimum absolute atomic E-state index is 0.0574. The minimum Gasteiger partial charge on any atom is -0.325 e. The Morgan fingerprint density at radius 2 is 1.64 bits per heavy atom. The number of carbonyl (C=O) groups excluding carboxylic acids is 3. The van der Waals surface area contributed by atoms with Gasteiger partial charge in [0.15, 0.2) is 5.78 Å². The molecule has 2 aromatic rings. The second-order valence-electron chi connectivity index (χ2n) is 5.38. The Morgan fingerprint density at radius 3 is 2.16 bits per heavy atom. The van der Waals surface area contributed by atoms with Crippen molar-refractivity contribution in [2.75, 3.05) is 16.8 Å². The van der Waals surface area contributed by atoms with Crippen LogP contribution >= 0.6 is 23.2 Å². The molecule has 0 unspecified atom stereocenters. The van der Waals surface area contributed by atoms with Crippen LogP contribution in [0.2, 0.25) is 10.0 Å². The summed E-state index contributed by atoms with van der Waals surface area (Å²) in [4.78, 5) is 36.7. The van der Waals surface area contributed by atoms with Crippen LogP contribution in [-0.2, 0) is 9.59 Å². The van der Waals surface area contributed by atoms with E-state index < -0.39 is 5.91 Å². The van der Waals surface area contributed by atoms with Gasteiger partial charge in [0, 0.05) is 23.2 Å². The van der Waals surface area contributed by atoms with Crippen molar-refractivity contribution in [3.8, 4) is 0 Å². The van der Waals surface area contributed by atoms with Gasteiger partial charge in [0.25, 0.3) is 0 Å². The highest BCUT2D eigenvalue weighted by Crippen LogP contribution is 2.29. The Labute approximate surface area is 155 Å². The lowest BCUT2D eigenvalue weighted by molar-refractivity contribution is -0.120. The number of amides is 2. The zero-order valence-electron chi connectivity index (χ0n) is 13.7. The smallest absolute Gasteiger partial charge is 0.244 e. The SMILES string of the molecule is CC(=O)c1ccc(NC(=O)CN(C(C)=O)c2ccc(Cl)cc2Cl)cc1. The van der Waals surface area contributed by atoms with Crippen LogP contribution in [0, 0.1) is 0 Å². The lowest BCUT2D eigenvalue weighted by Crippen LogP contribution is -2.36. The largest absolute Gasteiger partial charge is 0.325 e. The van der Waals surface area contributed by atoms with Gasteiger partial charge >= 0.3 is 0 Å². The van der Waals surface area contributed by atoms with E-state index in [9.17, 15) is 14.4 Å². The van der Waals surface area contributed by atoms with Gasteiger partial charge in [0.2, 0.25) is 11.8 Å². The number of nitrogens with zero attached hydrogens (tertiary/aromatic N) is 1. The van der Waals surface area contributed by atoms with Crippen molar-refractivity contribution in [2.24, 2.45) is 0 Å². The number of hydrogen-bond donors (Lipinski definition) is 1. The molecule has 0 radical (unpaired) electrons. The van der Waals surface area contributed by atoms with Crippen molar-refractivity contribution < 1.29 is 14.4 Å². The van der Waals surface area contributed by atoms with Gasteiger partial charge in [-0.25, -0.2) is 0 Å². The monoisotopic (exact) mass is 378 g/mol. The van der Waals surface area contributed by atoms with E-state index in [1.54, 1.807) is 36.4 Å². The first kappa shape index (κ1) is 19.0. The van der Waals surface area contributed by atoms with E-state index in [0.29, 0.717) is 22.0 Å². The Balaban J connectivity index is 2.12. The first-order chi connectivity index (χ1) is 11.8. The van der Waals surface area contributed by atoms with E-state index in [2.05, 4.69) is 5.32 Å². The average Bonchev–Trinajstić information content (AvgIpc) is 2.53. The number of halogens is 2.